The van der Waals surface area contributed by atoms with E-state index in [1.807, 2.05) is 0 Å². The molecule has 4 bridgehead atoms. The second kappa shape index (κ2) is 6.65. The summed E-state index contributed by atoms with van der Waals surface area (Å²) in [7, 11) is 0. The highest BCUT2D eigenvalue weighted by Gasteiger charge is 2.57. The molecule has 0 aromatic rings. The highest BCUT2D eigenvalue weighted by molar-refractivity contribution is 7.96. The summed E-state index contributed by atoms with van der Waals surface area (Å²) in [5, 5.41) is 17.4. The third-order valence-corrected chi connectivity index (χ3v) is 5.61. The molecule has 10 heteroatoms. The monoisotopic (exact) mass is 370 g/mol. The molecule has 0 aromatic carbocycles. The molecule has 0 radical (unpaired) electrons. The van der Waals surface area contributed by atoms with E-state index in [9.17, 15) is 18.7 Å². The van der Waals surface area contributed by atoms with E-state index in [0.717, 1.165) is 32.1 Å². The lowest BCUT2D eigenvalue weighted by Gasteiger charge is -2.59. The Morgan fingerprint density at radius 1 is 1.21 bits per heavy atom. The maximum atomic E-state index is 13.2. The van der Waals surface area contributed by atoms with Crippen molar-refractivity contribution >= 4 is 18.0 Å². The zero-order chi connectivity index (χ0) is 17.4. The van der Waals surface area contributed by atoms with Crippen LogP contribution in [0.15, 0.2) is 0 Å². The molecule has 7 nitrogen and oxygen atoms in total. The number of aliphatic hydroxyl groups is 1. The summed E-state index contributed by atoms with van der Waals surface area (Å²) < 4.78 is 40.3. The molecule has 0 spiro atoms. The van der Waals surface area contributed by atoms with Gasteiger partial charge >= 0.3 is 11.2 Å². The first-order valence-corrected chi connectivity index (χ1v) is 8.57. The van der Waals surface area contributed by atoms with Gasteiger partial charge in [0.05, 0.1) is 17.8 Å². The Bertz CT molecular complexity index is 476. The normalized spacial score (nSPS) is 37.7. The number of carbonyl (C=O) groups excluding carboxylic acids is 1. The van der Waals surface area contributed by atoms with Gasteiger partial charge in [0, 0.05) is 6.42 Å². The minimum absolute atomic E-state index is 0.0145. The summed E-state index contributed by atoms with van der Waals surface area (Å²) in [4.78, 5) is 11.2. The summed E-state index contributed by atoms with van der Waals surface area (Å²) in [5.74, 6) is -0.928. The number of esters is 1. The molecule has 4 rings (SSSR count). The zero-order valence-corrected chi connectivity index (χ0v) is 13.7. The van der Waals surface area contributed by atoms with Gasteiger partial charge in [0.1, 0.15) is 18.6 Å². The van der Waals surface area contributed by atoms with E-state index in [2.05, 4.69) is 14.1 Å². The topological polar surface area (TPSA) is 94.5 Å². The van der Waals surface area contributed by atoms with Gasteiger partial charge in [-0.25, -0.2) is 10.1 Å². The van der Waals surface area contributed by atoms with E-state index in [0.29, 0.717) is 18.3 Å². The maximum absolute atomic E-state index is 13.2. The van der Waals surface area contributed by atoms with E-state index in [1.165, 1.54) is 0 Å². The molecule has 2 atom stereocenters. The summed E-state index contributed by atoms with van der Waals surface area (Å²) >= 11 is -0.662. The first kappa shape index (κ1) is 18.3. The van der Waals surface area contributed by atoms with Crippen molar-refractivity contribution in [2.75, 3.05) is 13.2 Å². The average molecular weight is 370 g/mol. The molecule has 0 aromatic heterocycles. The second-order valence-electron chi connectivity index (χ2n) is 7.10. The minimum Gasteiger partial charge on any atom is -0.458 e. The summed E-state index contributed by atoms with van der Waals surface area (Å²) in [6.07, 6.45) is 4.98. The lowest BCUT2D eigenvalue weighted by molar-refractivity contribution is -0.433. The largest absolute Gasteiger partial charge is 0.458 e. The fourth-order valence-corrected chi connectivity index (χ4v) is 5.11. The van der Waals surface area contributed by atoms with Crippen LogP contribution in [0.1, 0.15) is 38.5 Å². The highest BCUT2D eigenvalue weighted by atomic mass is 32.2. The molecule has 0 saturated heterocycles. The van der Waals surface area contributed by atoms with Crippen LogP contribution < -0.4 is 0 Å². The average Bonchev–Trinajstić information content (AvgIpc) is 2.47. The lowest BCUT2D eigenvalue weighted by Crippen LogP contribution is -2.60. The summed E-state index contributed by atoms with van der Waals surface area (Å²) in [6.45, 7) is -0.343. The van der Waals surface area contributed by atoms with Crippen molar-refractivity contribution in [1.82, 2.24) is 0 Å². The van der Waals surface area contributed by atoms with Crippen molar-refractivity contribution < 1.29 is 42.8 Å². The maximum Gasteiger partial charge on any atom is 0.415 e. The van der Waals surface area contributed by atoms with Crippen LogP contribution in [0.3, 0.4) is 0 Å². The molecule has 4 saturated carbocycles. The van der Waals surface area contributed by atoms with Crippen LogP contribution >= 0.6 is 12.0 Å². The quantitative estimate of drug-likeness (QED) is 0.221. The van der Waals surface area contributed by atoms with Crippen molar-refractivity contribution in [3.8, 4) is 0 Å². The number of carbonyl (C=O) groups is 1. The Kier molecular flexibility index (Phi) is 5.07. The van der Waals surface area contributed by atoms with Gasteiger partial charge in [-0.15, -0.1) is 4.33 Å². The predicted octanol–water partition coefficient (Wildman–Crippen LogP) is 2.29. The van der Waals surface area contributed by atoms with E-state index in [-0.39, 0.29) is 13.2 Å². The van der Waals surface area contributed by atoms with Crippen LogP contribution in [0.25, 0.3) is 0 Å². The zero-order valence-electron chi connectivity index (χ0n) is 12.9. The van der Waals surface area contributed by atoms with E-state index in [4.69, 9.17) is 9.99 Å². The fourth-order valence-electron chi connectivity index (χ4n) is 4.87. The number of halogens is 2. The van der Waals surface area contributed by atoms with Crippen molar-refractivity contribution in [3.63, 3.8) is 0 Å². The molecular weight excluding hydrogens is 350 g/mol. The molecule has 0 heterocycles. The Hall–Kier alpha value is -0.520. The van der Waals surface area contributed by atoms with Crippen molar-refractivity contribution in [2.24, 2.45) is 11.8 Å². The van der Waals surface area contributed by atoms with E-state index >= 15 is 0 Å². The molecule has 2 N–H and O–H groups in total. The Morgan fingerprint density at radius 2 is 1.88 bits per heavy atom. The van der Waals surface area contributed by atoms with Crippen LogP contribution in [0, 0.1) is 11.8 Å². The first-order valence-electron chi connectivity index (χ1n) is 7.83. The second-order valence-corrected chi connectivity index (χ2v) is 7.91. The SMILES string of the molecule is O=C(OCCOC12CC3CC(CC(O)(C3)C1)C2)C(F)(F)SOOO. The van der Waals surface area contributed by atoms with Crippen LogP contribution in [0.4, 0.5) is 8.78 Å². The van der Waals surface area contributed by atoms with Gasteiger partial charge in [0.15, 0.2) is 0 Å². The fraction of sp³-hybridized carbons (Fsp3) is 0.929. The van der Waals surface area contributed by atoms with Gasteiger partial charge in [0.2, 0.25) is 0 Å². The highest BCUT2D eigenvalue weighted by Crippen LogP contribution is 2.58. The van der Waals surface area contributed by atoms with Gasteiger partial charge < -0.3 is 14.6 Å². The molecule has 4 aliphatic rings. The first-order chi connectivity index (χ1) is 11.3. The van der Waals surface area contributed by atoms with Gasteiger partial charge in [0.25, 0.3) is 0 Å². The van der Waals surface area contributed by atoms with Gasteiger partial charge in [-0.2, -0.15) is 8.78 Å². The Morgan fingerprint density at radius 3 is 2.46 bits per heavy atom. The summed E-state index contributed by atoms with van der Waals surface area (Å²) in [5.41, 5.74) is -1.11. The third-order valence-electron chi connectivity index (χ3n) is 5.11. The van der Waals surface area contributed by atoms with Crippen LogP contribution in [0.2, 0.25) is 0 Å². The van der Waals surface area contributed by atoms with E-state index < -0.39 is 34.5 Å². The lowest BCUT2D eigenvalue weighted by atomic mass is 9.52. The van der Waals surface area contributed by atoms with Crippen LogP contribution in [0.5, 0.6) is 0 Å². The molecular formula is C14H20F2O7S. The molecule has 0 aliphatic heterocycles. The molecule has 4 fully saturated rings. The van der Waals surface area contributed by atoms with Gasteiger partial charge in [-0.3, -0.25) is 0 Å². The number of ether oxygens (including phenoxy) is 2. The number of hydrogen-bond acceptors (Lipinski definition) is 8. The van der Waals surface area contributed by atoms with Gasteiger partial charge in [-0.1, -0.05) is 5.04 Å². The summed E-state index contributed by atoms with van der Waals surface area (Å²) in [6, 6.07) is 0. The van der Waals surface area contributed by atoms with Gasteiger partial charge in [-0.05, 0) is 43.9 Å². The molecule has 24 heavy (non-hydrogen) atoms. The standard InChI is InChI=1S/C14H20F2O7S/c15-14(16,24-23-22-19)11(17)20-1-2-21-13-6-9-3-10(7-13)5-12(18,4-9)8-13/h9-10,18-19H,1-8H2. The molecule has 2 unspecified atom stereocenters. The minimum atomic E-state index is -4.00. The Labute approximate surface area is 141 Å². The predicted molar refractivity (Wildman–Crippen MR) is 76.6 cm³/mol. The third kappa shape index (κ3) is 3.83. The molecule has 4 aliphatic carbocycles. The number of alkyl halides is 2. The van der Waals surface area contributed by atoms with Crippen molar-refractivity contribution in [2.45, 2.75) is 55.0 Å². The van der Waals surface area contributed by atoms with Crippen molar-refractivity contribution in [1.29, 1.82) is 0 Å². The van der Waals surface area contributed by atoms with Crippen LogP contribution in [-0.2, 0) is 23.6 Å². The number of hydrogen-bond donors (Lipinski definition) is 2. The van der Waals surface area contributed by atoms with E-state index in [1.54, 1.807) is 0 Å². The molecule has 0 amide bonds. The molecule has 138 valence electrons. The van der Waals surface area contributed by atoms with Crippen LogP contribution in [-0.4, -0.2) is 46.0 Å². The smallest absolute Gasteiger partial charge is 0.415 e. The number of rotatable bonds is 8. The Balaban J connectivity index is 1.45. The van der Waals surface area contributed by atoms with Crippen molar-refractivity contribution in [3.05, 3.63) is 0 Å².